The van der Waals surface area contributed by atoms with Crippen molar-refractivity contribution in [1.82, 2.24) is 15.0 Å². The van der Waals surface area contributed by atoms with Crippen molar-refractivity contribution in [3.05, 3.63) is 29.5 Å². The second kappa shape index (κ2) is 4.81. The SMILES string of the molecule is COc1cccc(-c2nc(N)c3c(n2)CCOC3)n1. The van der Waals surface area contributed by atoms with E-state index >= 15 is 0 Å². The fourth-order valence-electron chi connectivity index (χ4n) is 2.02. The van der Waals surface area contributed by atoms with E-state index in [4.69, 9.17) is 15.2 Å². The minimum absolute atomic E-state index is 0.462. The summed E-state index contributed by atoms with van der Waals surface area (Å²) in [4.78, 5) is 13.1. The molecule has 1 aliphatic rings. The number of nitrogen functional groups attached to an aromatic ring is 1. The smallest absolute Gasteiger partial charge is 0.213 e. The molecule has 0 saturated carbocycles. The molecule has 6 heteroatoms. The molecule has 98 valence electrons. The van der Waals surface area contributed by atoms with E-state index in [1.807, 2.05) is 12.1 Å². The molecule has 6 nitrogen and oxygen atoms in total. The highest BCUT2D eigenvalue weighted by Gasteiger charge is 2.17. The van der Waals surface area contributed by atoms with Gasteiger partial charge in [0.1, 0.15) is 11.5 Å². The minimum Gasteiger partial charge on any atom is -0.481 e. The van der Waals surface area contributed by atoms with E-state index < -0.39 is 0 Å². The van der Waals surface area contributed by atoms with E-state index in [0.717, 1.165) is 17.7 Å². The van der Waals surface area contributed by atoms with E-state index in [-0.39, 0.29) is 0 Å². The van der Waals surface area contributed by atoms with Crippen LogP contribution in [0, 0.1) is 0 Å². The Hall–Kier alpha value is -2.21. The highest BCUT2D eigenvalue weighted by atomic mass is 16.5. The van der Waals surface area contributed by atoms with Gasteiger partial charge in [-0.25, -0.2) is 15.0 Å². The van der Waals surface area contributed by atoms with Crippen LogP contribution in [-0.2, 0) is 17.8 Å². The number of anilines is 1. The maximum absolute atomic E-state index is 5.96. The van der Waals surface area contributed by atoms with Gasteiger partial charge >= 0.3 is 0 Å². The number of nitrogens with two attached hydrogens (primary N) is 1. The summed E-state index contributed by atoms with van der Waals surface area (Å²) in [5.74, 6) is 1.52. The third kappa shape index (κ3) is 2.22. The Labute approximate surface area is 110 Å². The lowest BCUT2D eigenvalue weighted by Crippen LogP contribution is -2.16. The molecule has 3 heterocycles. The third-order valence-corrected chi connectivity index (χ3v) is 3.02. The number of hydrogen-bond acceptors (Lipinski definition) is 6. The Morgan fingerprint density at radius 1 is 1.26 bits per heavy atom. The predicted molar refractivity (Wildman–Crippen MR) is 69.6 cm³/mol. The predicted octanol–water partition coefficient (Wildman–Crippen LogP) is 1.20. The molecular formula is C13H14N4O2. The van der Waals surface area contributed by atoms with E-state index in [1.165, 1.54) is 0 Å². The molecule has 0 aliphatic carbocycles. The van der Waals surface area contributed by atoms with Gasteiger partial charge in [-0.15, -0.1) is 0 Å². The quantitative estimate of drug-likeness (QED) is 0.871. The molecule has 1 aliphatic heterocycles. The number of aromatic nitrogens is 3. The van der Waals surface area contributed by atoms with E-state index in [9.17, 15) is 0 Å². The van der Waals surface area contributed by atoms with Gasteiger partial charge in [0.2, 0.25) is 5.88 Å². The fourth-order valence-corrected chi connectivity index (χ4v) is 2.02. The average molecular weight is 258 g/mol. The van der Waals surface area contributed by atoms with Gasteiger partial charge in [-0.1, -0.05) is 6.07 Å². The van der Waals surface area contributed by atoms with Gasteiger partial charge < -0.3 is 15.2 Å². The van der Waals surface area contributed by atoms with Crippen molar-refractivity contribution in [2.24, 2.45) is 0 Å². The Balaban J connectivity index is 2.07. The van der Waals surface area contributed by atoms with Crippen molar-refractivity contribution < 1.29 is 9.47 Å². The lowest BCUT2D eigenvalue weighted by Gasteiger charge is -2.17. The molecule has 0 aromatic carbocycles. The molecule has 19 heavy (non-hydrogen) atoms. The first-order valence-corrected chi connectivity index (χ1v) is 6.02. The van der Waals surface area contributed by atoms with Gasteiger partial charge in [-0.05, 0) is 6.07 Å². The Kier molecular flexibility index (Phi) is 3.00. The lowest BCUT2D eigenvalue weighted by atomic mass is 10.1. The standard InChI is InChI=1S/C13H14N4O2/c1-18-11-4-2-3-10(15-11)13-16-9-5-6-19-7-8(9)12(14)17-13/h2-4H,5-7H2,1H3,(H2,14,16,17). The zero-order chi connectivity index (χ0) is 13.2. The first-order chi connectivity index (χ1) is 9.28. The second-order valence-corrected chi connectivity index (χ2v) is 4.23. The molecule has 0 atom stereocenters. The van der Waals surface area contributed by atoms with Crippen molar-refractivity contribution in [3.8, 4) is 17.4 Å². The summed E-state index contributed by atoms with van der Waals surface area (Å²) in [6, 6.07) is 5.46. The Morgan fingerprint density at radius 3 is 3.00 bits per heavy atom. The monoisotopic (exact) mass is 258 g/mol. The molecule has 0 bridgehead atoms. The van der Waals surface area contributed by atoms with Crippen molar-refractivity contribution in [2.75, 3.05) is 19.5 Å². The van der Waals surface area contributed by atoms with Crippen molar-refractivity contribution >= 4 is 5.82 Å². The summed E-state index contributed by atoms with van der Waals surface area (Å²) in [5, 5.41) is 0. The van der Waals surface area contributed by atoms with Gasteiger partial charge in [0.15, 0.2) is 5.82 Å². The first-order valence-electron chi connectivity index (χ1n) is 6.02. The number of pyridine rings is 1. The molecule has 2 aromatic rings. The highest BCUT2D eigenvalue weighted by Crippen LogP contribution is 2.24. The Bertz CT molecular complexity index is 616. The lowest BCUT2D eigenvalue weighted by molar-refractivity contribution is 0.109. The fraction of sp³-hybridized carbons (Fsp3) is 0.308. The summed E-state index contributed by atoms with van der Waals surface area (Å²) >= 11 is 0. The molecule has 3 rings (SSSR count). The van der Waals surface area contributed by atoms with Crippen LogP contribution in [0.25, 0.3) is 11.5 Å². The molecule has 2 aromatic heterocycles. The largest absolute Gasteiger partial charge is 0.481 e. The number of fused-ring (bicyclic) bond motifs is 1. The normalized spacial score (nSPS) is 13.9. The Morgan fingerprint density at radius 2 is 2.16 bits per heavy atom. The van der Waals surface area contributed by atoms with Crippen LogP contribution in [0.4, 0.5) is 5.82 Å². The van der Waals surface area contributed by atoms with E-state index in [1.54, 1.807) is 13.2 Å². The summed E-state index contributed by atoms with van der Waals surface area (Å²) in [5.41, 5.74) is 8.44. The number of nitrogens with zero attached hydrogens (tertiary/aromatic N) is 3. The summed E-state index contributed by atoms with van der Waals surface area (Å²) in [7, 11) is 1.57. The highest BCUT2D eigenvalue weighted by molar-refractivity contribution is 5.55. The minimum atomic E-state index is 0.462. The number of rotatable bonds is 2. The van der Waals surface area contributed by atoms with Gasteiger partial charge in [0, 0.05) is 18.1 Å². The van der Waals surface area contributed by atoms with Crippen molar-refractivity contribution in [3.63, 3.8) is 0 Å². The van der Waals surface area contributed by atoms with Crippen LogP contribution in [0.5, 0.6) is 5.88 Å². The zero-order valence-corrected chi connectivity index (χ0v) is 10.6. The van der Waals surface area contributed by atoms with Crippen molar-refractivity contribution in [2.45, 2.75) is 13.0 Å². The van der Waals surface area contributed by atoms with Crippen molar-refractivity contribution in [1.29, 1.82) is 0 Å². The van der Waals surface area contributed by atoms with Gasteiger partial charge in [-0.3, -0.25) is 0 Å². The topological polar surface area (TPSA) is 83.2 Å². The van der Waals surface area contributed by atoms with Crippen LogP contribution in [-0.4, -0.2) is 28.7 Å². The van der Waals surface area contributed by atoms with Crippen LogP contribution in [0.1, 0.15) is 11.3 Å². The number of ether oxygens (including phenoxy) is 2. The van der Waals surface area contributed by atoms with Crippen LogP contribution in [0.15, 0.2) is 18.2 Å². The summed E-state index contributed by atoms with van der Waals surface area (Å²) < 4.78 is 10.5. The van der Waals surface area contributed by atoms with Gasteiger partial charge in [0.05, 0.1) is 26.0 Å². The zero-order valence-electron chi connectivity index (χ0n) is 10.6. The van der Waals surface area contributed by atoms with Gasteiger partial charge in [-0.2, -0.15) is 0 Å². The first kappa shape index (κ1) is 11.9. The maximum atomic E-state index is 5.96. The summed E-state index contributed by atoms with van der Waals surface area (Å²) in [6.07, 6.45) is 0.749. The molecule has 0 saturated heterocycles. The number of methoxy groups -OCH3 is 1. The number of hydrogen-bond donors (Lipinski definition) is 1. The van der Waals surface area contributed by atoms with Crippen LogP contribution < -0.4 is 10.5 Å². The van der Waals surface area contributed by atoms with Gasteiger partial charge in [0.25, 0.3) is 0 Å². The maximum Gasteiger partial charge on any atom is 0.213 e. The molecule has 0 amide bonds. The molecule has 0 spiro atoms. The molecule has 0 fully saturated rings. The van der Waals surface area contributed by atoms with E-state index in [0.29, 0.717) is 36.4 Å². The summed E-state index contributed by atoms with van der Waals surface area (Å²) in [6.45, 7) is 1.14. The van der Waals surface area contributed by atoms with Crippen LogP contribution >= 0.6 is 0 Å². The molecule has 0 radical (unpaired) electrons. The van der Waals surface area contributed by atoms with Crippen LogP contribution in [0.3, 0.4) is 0 Å². The molecule has 0 unspecified atom stereocenters. The third-order valence-electron chi connectivity index (χ3n) is 3.02. The second-order valence-electron chi connectivity index (χ2n) is 4.23. The van der Waals surface area contributed by atoms with E-state index in [2.05, 4.69) is 15.0 Å². The molecule has 2 N–H and O–H groups in total. The van der Waals surface area contributed by atoms with Crippen LogP contribution in [0.2, 0.25) is 0 Å². The average Bonchev–Trinajstić information content (AvgIpc) is 2.47. The molecular weight excluding hydrogens is 244 g/mol.